The SMILES string of the molecule is O=c1[nH]c2ccccc2c(=O)n1C1CCCC1. The molecule has 3 rings (SSSR count). The summed E-state index contributed by atoms with van der Waals surface area (Å²) >= 11 is 0. The lowest BCUT2D eigenvalue weighted by atomic mass is 10.2. The van der Waals surface area contributed by atoms with Crippen molar-refractivity contribution in [2.75, 3.05) is 0 Å². The Labute approximate surface area is 97.9 Å². The second-order valence-corrected chi connectivity index (χ2v) is 4.59. The van der Waals surface area contributed by atoms with E-state index in [2.05, 4.69) is 4.98 Å². The number of nitrogens with zero attached hydrogens (tertiary/aromatic N) is 1. The van der Waals surface area contributed by atoms with Gasteiger partial charge >= 0.3 is 5.69 Å². The molecule has 1 aliphatic rings. The van der Waals surface area contributed by atoms with E-state index in [1.54, 1.807) is 12.1 Å². The second kappa shape index (κ2) is 3.87. The number of hydrogen-bond acceptors (Lipinski definition) is 2. The molecule has 0 amide bonds. The maximum absolute atomic E-state index is 12.3. The zero-order valence-electron chi connectivity index (χ0n) is 9.48. The van der Waals surface area contributed by atoms with Gasteiger partial charge in [0, 0.05) is 6.04 Å². The highest BCUT2D eigenvalue weighted by atomic mass is 16.2. The van der Waals surface area contributed by atoms with Crippen LogP contribution in [0.4, 0.5) is 0 Å². The van der Waals surface area contributed by atoms with Crippen LogP contribution in [0.25, 0.3) is 10.9 Å². The number of fused-ring (bicyclic) bond motifs is 1. The Morgan fingerprint density at radius 2 is 1.82 bits per heavy atom. The molecule has 1 aliphatic carbocycles. The molecule has 0 saturated heterocycles. The fourth-order valence-corrected chi connectivity index (χ4v) is 2.67. The summed E-state index contributed by atoms with van der Waals surface area (Å²) in [6.45, 7) is 0. The summed E-state index contributed by atoms with van der Waals surface area (Å²) in [5, 5.41) is 0.596. The predicted octanol–water partition coefficient (Wildman–Crippen LogP) is 1.80. The van der Waals surface area contributed by atoms with Crippen LogP contribution in [-0.2, 0) is 0 Å². The molecule has 2 aromatic rings. The lowest BCUT2D eigenvalue weighted by molar-refractivity contribution is 0.483. The van der Waals surface area contributed by atoms with Crippen molar-refractivity contribution < 1.29 is 0 Å². The van der Waals surface area contributed by atoms with Crippen LogP contribution >= 0.6 is 0 Å². The van der Waals surface area contributed by atoms with Crippen molar-refractivity contribution in [3.63, 3.8) is 0 Å². The van der Waals surface area contributed by atoms with E-state index < -0.39 is 0 Å². The molecule has 17 heavy (non-hydrogen) atoms. The van der Waals surface area contributed by atoms with E-state index in [1.807, 2.05) is 12.1 Å². The zero-order valence-corrected chi connectivity index (χ0v) is 9.48. The van der Waals surface area contributed by atoms with E-state index in [0.29, 0.717) is 10.9 Å². The molecule has 0 aliphatic heterocycles. The molecule has 0 unspecified atom stereocenters. The van der Waals surface area contributed by atoms with E-state index in [0.717, 1.165) is 25.7 Å². The average Bonchev–Trinajstić information content (AvgIpc) is 2.83. The molecule has 1 fully saturated rings. The van der Waals surface area contributed by atoms with Crippen LogP contribution in [0.15, 0.2) is 33.9 Å². The van der Waals surface area contributed by atoms with Crippen molar-refractivity contribution in [2.45, 2.75) is 31.7 Å². The van der Waals surface area contributed by atoms with Gasteiger partial charge in [-0.2, -0.15) is 0 Å². The topological polar surface area (TPSA) is 54.9 Å². The molecule has 88 valence electrons. The van der Waals surface area contributed by atoms with E-state index in [9.17, 15) is 9.59 Å². The quantitative estimate of drug-likeness (QED) is 0.812. The Hall–Kier alpha value is -1.84. The van der Waals surface area contributed by atoms with Gasteiger partial charge in [0.1, 0.15) is 0 Å². The Kier molecular flexibility index (Phi) is 2.35. The Bertz CT molecular complexity index is 663. The van der Waals surface area contributed by atoms with Crippen molar-refractivity contribution >= 4 is 10.9 Å². The predicted molar refractivity (Wildman–Crippen MR) is 66.3 cm³/mol. The summed E-state index contributed by atoms with van der Waals surface area (Å²) in [4.78, 5) is 27.0. The van der Waals surface area contributed by atoms with Gasteiger partial charge in [-0.25, -0.2) is 4.79 Å². The summed E-state index contributed by atoms with van der Waals surface area (Å²) in [6, 6.07) is 7.24. The third-order valence-electron chi connectivity index (χ3n) is 3.53. The van der Waals surface area contributed by atoms with Crippen molar-refractivity contribution in [3.05, 3.63) is 45.1 Å². The third-order valence-corrected chi connectivity index (χ3v) is 3.53. The van der Waals surface area contributed by atoms with Gasteiger partial charge in [-0.05, 0) is 25.0 Å². The summed E-state index contributed by atoms with van der Waals surface area (Å²) in [6.07, 6.45) is 4.06. The maximum Gasteiger partial charge on any atom is 0.329 e. The first-order valence-corrected chi connectivity index (χ1v) is 6.01. The van der Waals surface area contributed by atoms with Crippen molar-refractivity contribution in [1.82, 2.24) is 9.55 Å². The number of para-hydroxylation sites is 1. The molecule has 0 bridgehead atoms. The number of aromatic nitrogens is 2. The number of nitrogens with one attached hydrogen (secondary N) is 1. The molecule has 0 radical (unpaired) electrons. The van der Waals surface area contributed by atoms with Gasteiger partial charge in [-0.1, -0.05) is 25.0 Å². The van der Waals surface area contributed by atoms with Gasteiger partial charge in [0.05, 0.1) is 10.9 Å². The largest absolute Gasteiger partial charge is 0.329 e. The Morgan fingerprint density at radius 3 is 2.59 bits per heavy atom. The van der Waals surface area contributed by atoms with Gasteiger partial charge in [-0.15, -0.1) is 0 Å². The van der Waals surface area contributed by atoms with E-state index >= 15 is 0 Å². The Balaban J connectivity index is 2.31. The molecule has 4 nitrogen and oxygen atoms in total. The number of aromatic amines is 1. The van der Waals surface area contributed by atoms with Crippen molar-refractivity contribution in [3.8, 4) is 0 Å². The molecule has 4 heteroatoms. The van der Waals surface area contributed by atoms with Gasteiger partial charge in [0.2, 0.25) is 0 Å². The van der Waals surface area contributed by atoms with E-state index in [-0.39, 0.29) is 17.3 Å². The highest BCUT2D eigenvalue weighted by Crippen LogP contribution is 2.27. The number of hydrogen-bond donors (Lipinski definition) is 1. The lowest BCUT2D eigenvalue weighted by Gasteiger charge is -2.12. The normalized spacial score (nSPS) is 16.7. The summed E-state index contributed by atoms with van der Waals surface area (Å²) in [5.74, 6) is 0. The Morgan fingerprint density at radius 1 is 1.12 bits per heavy atom. The molecule has 1 saturated carbocycles. The lowest BCUT2D eigenvalue weighted by Crippen LogP contribution is -2.37. The minimum atomic E-state index is -0.277. The first kappa shape index (κ1) is 10.3. The smallest absolute Gasteiger partial charge is 0.307 e. The van der Waals surface area contributed by atoms with E-state index in [1.165, 1.54) is 4.57 Å². The second-order valence-electron chi connectivity index (χ2n) is 4.59. The zero-order chi connectivity index (χ0) is 11.8. The highest BCUT2D eigenvalue weighted by Gasteiger charge is 2.21. The van der Waals surface area contributed by atoms with Crippen LogP contribution in [0.3, 0.4) is 0 Å². The minimum Gasteiger partial charge on any atom is -0.307 e. The molecule has 1 heterocycles. The molecule has 1 aromatic heterocycles. The fourth-order valence-electron chi connectivity index (χ4n) is 2.67. The average molecular weight is 230 g/mol. The van der Waals surface area contributed by atoms with Gasteiger partial charge in [0.25, 0.3) is 5.56 Å². The van der Waals surface area contributed by atoms with Gasteiger partial charge in [0.15, 0.2) is 0 Å². The molecule has 0 spiro atoms. The molecular formula is C13H14N2O2. The van der Waals surface area contributed by atoms with Crippen molar-refractivity contribution in [1.29, 1.82) is 0 Å². The fraction of sp³-hybridized carbons (Fsp3) is 0.385. The van der Waals surface area contributed by atoms with Crippen LogP contribution in [-0.4, -0.2) is 9.55 Å². The van der Waals surface area contributed by atoms with E-state index in [4.69, 9.17) is 0 Å². The number of benzene rings is 1. The van der Waals surface area contributed by atoms with Crippen molar-refractivity contribution in [2.24, 2.45) is 0 Å². The minimum absolute atomic E-state index is 0.0795. The van der Waals surface area contributed by atoms with Crippen LogP contribution in [0.2, 0.25) is 0 Å². The monoisotopic (exact) mass is 230 g/mol. The first-order valence-electron chi connectivity index (χ1n) is 6.01. The van der Waals surface area contributed by atoms with Crippen LogP contribution in [0, 0.1) is 0 Å². The van der Waals surface area contributed by atoms with Gasteiger partial charge < -0.3 is 4.98 Å². The molecule has 1 N–H and O–H groups in total. The maximum atomic E-state index is 12.3. The third kappa shape index (κ3) is 1.60. The summed E-state index contributed by atoms with van der Waals surface area (Å²) in [7, 11) is 0. The summed E-state index contributed by atoms with van der Waals surface area (Å²) < 4.78 is 1.40. The van der Waals surface area contributed by atoms with Crippen LogP contribution in [0.5, 0.6) is 0 Å². The van der Waals surface area contributed by atoms with Crippen LogP contribution < -0.4 is 11.2 Å². The molecule has 0 atom stereocenters. The highest BCUT2D eigenvalue weighted by molar-refractivity contribution is 5.76. The number of rotatable bonds is 1. The standard InChI is InChI=1S/C13H14N2O2/c16-12-10-7-3-4-8-11(10)14-13(17)15(12)9-5-1-2-6-9/h3-4,7-9H,1-2,5-6H2,(H,14,17). The van der Waals surface area contributed by atoms with Crippen LogP contribution in [0.1, 0.15) is 31.7 Å². The van der Waals surface area contributed by atoms with Gasteiger partial charge in [-0.3, -0.25) is 9.36 Å². The first-order chi connectivity index (χ1) is 8.27. The summed E-state index contributed by atoms with van der Waals surface area (Å²) in [5.41, 5.74) is 0.189. The number of H-pyrrole nitrogens is 1. The molecular weight excluding hydrogens is 216 g/mol. The molecule has 1 aromatic carbocycles.